The maximum atomic E-state index is 11.5. The van der Waals surface area contributed by atoms with Gasteiger partial charge >= 0.3 is 0 Å². The number of hydrogen-bond donors (Lipinski definition) is 1. The number of morpholine rings is 1. The van der Waals surface area contributed by atoms with Crippen LogP contribution in [0.15, 0.2) is 10.9 Å². The number of nitrogens with one attached hydrogen (secondary N) is 1. The van der Waals surface area contributed by atoms with Crippen LogP contribution in [0.2, 0.25) is 0 Å². The van der Waals surface area contributed by atoms with E-state index in [0.717, 1.165) is 29.9 Å². The van der Waals surface area contributed by atoms with Crippen LogP contribution in [0.5, 0.6) is 0 Å². The summed E-state index contributed by atoms with van der Waals surface area (Å²) in [6, 6.07) is -0.00909. The van der Waals surface area contributed by atoms with Crippen molar-refractivity contribution in [1.82, 2.24) is 20.4 Å². The van der Waals surface area contributed by atoms with E-state index < -0.39 is 0 Å². The van der Waals surface area contributed by atoms with E-state index in [0.29, 0.717) is 12.3 Å². The Hall–Kier alpha value is -2.22. The van der Waals surface area contributed by atoms with Crippen molar-refractivity contribution in [1.29, 1.82) is 0 Å². The Bertz CT molecular complexity index is 700. The summed E-state index contributed by atoms with van der Waals surface area (Å²) in [5.41, 5.74) is 1.26. The molecule has 0 unspecified atom stereocenters. The minimum atomic E-state index is -0.0629. The molecule has 8 heteroatoms. The van der Waals surface area contributed by atoms with Gasteiger partial charge in [-0.3, -0.25) is 4.79 Å². The lowest BCUT2D eigenvalue weighted by atomic mass is 10.0. The van der Waals surface area contributed by atoms with E-state index in [2.05, 4.69) is 25.3 Å². The third kappa shape index (κ3) is 2.02. The zero-order valence-corrected chi connectivity index (χ0v) is 11.6. The SMILES string of the molecule is Cc1noc2ncnc(N3CC[C@H]4OCC(=O)N[C@H]4C3)c12. The van der Waals surface area contributed by atoms with Gasteiger partial charge in [0.15, 0.2) is 0 Å². The number of ether oxygens (including phenoxy) is 1. The van der Waals surface area contributed by atoms with Gasteiger partial charge in [-0.2, -0.15) is 4.98 Å². The van der Waals surface area contributed by atoms with Crippen LogP contribution in [0.3, 0.4) is 0 Å². The van der Waals surface area contributed by atoms with Gasteiger partial charge < -0.3 is 19.5 Å². The zero-order chi connectivity index (χ0) is 14.4. The molecule has 0 aliphatic carbocycles. The van der Waals surface area contributed by atoms with Gasteiger partial charge in [-0.1, -0.05) is 5.16 Å². The number of nitrogens with zero attached hydrogens (tertiary/aromatic N) is 4. The smallest absolute Gasteiger partial charge is 0.263 e. The summed E-state index contributed by atoms with van der Waals surface area (Å²) in [7, 11) is 0. The number of hydrogen-bond acceptors (Lipinski definition) is 7. The predicted molar refractivity (Wildman–Crippen MR) is 72.8 cm³/mol. The van der Waals surface area contributed by atoms with Gasteiger partial charge in [0, 0.05) is 13.1 Å². The minimum Gasteiger partial charge on any atom is -0.366 e. The monoisotopic (exact) mass is 289 g/mol. The minimum absolute atomic E-state index is 0.00909. The van der Waals surface area contributed by atoms with Gasteiger partial charge in [-0.15, -0.1) is 0 Å². The Balaban J connectivity index is 1.67. The Morgan fingerprint density at radius 2 is 2.33 bits per heavy atom. The van der Waals surface area contributed by atoms with E-state index >= 15 is 0 Å². The Morgan fingerprint density at radius 3 is 3.24 bits per heavy atom. The van der Waals surface area contributed by atoms with Crippen molar-refractivity contribution in [3.8, 4) is 0 Å². The highest BCUT2D eigenvalue weighted by atomic mass is 16.5. The number of aromatic nitrogens is 3. The van der Waals surface area contributed by atoms with Gasteiger partial charge in [0.2, 0.25) is 5.91 Å². The van der Waals surface area contributed by atoms with Gasteiger partial charge in [0.05, 0.1) is 17.8 Å². The molecule has 2 atom stereocenters. The zero-order valence-electron chi connectivity index (χ0n) is 11.6. The van der Waals surface area contributed by atoms with Gasteiger partial charge in [-0.25, -0.2) is 4.98 Å². The molecule has 2 aliphatic rings. The first-order valence-electron chi connectivity index (χ1n) is 6.95. The molecule has 4 heterocycles. The third-order valence-corrected chi connectivity index (χ3v) is 4.05. The molecule has 2 aromatic rings. The van der Waals surface area contributed by atoms with Crippen LogP contribution in [0.25, 0.3) is 11.1 Å². The van der Waals surface area contributed by atoms with E-state index in [9.17, 15) is 4.79 Å². The molecule has 0 saturated carbocycles. The molecule has 110 valence electrons. The van der Waals surface area contributed by atoms with Gasteiger partial charge in [0.25, 0.3) is 5.71 Å². The number of carbonyl (C=O) groups is 1. The fourth-order valence-corrected chi connectivity index (χ4v) is 3.04. The molecule has 1 amide bonds. The molecule has 2 fully saturated rings. The number of amides is 1. The van der Waals surface area contributed by atoms with Crippen LogP contribution in [0, 0.1) is 6.92 Å². The first kappa shape index (κ1) is 12.5. The summed E-state index contributed by atoms with van der Waals surface area (Å²) in [4.78, 5) is 22.1. The van der Waals surface area contributed by atoms with E-state index in [4.69, 9.17) is 9.26 Å². The predicted octanol–water partition coefficient (Wildman–Crippen LogP) is 0.0199. The van der Waals surface area contributed by atoms with Crippen LogP contribution >= 0.6 is 0 Å². The summed E-state index contributed by atoms with van der Waals surface area (Å²) < 4.78 is 10.8. The summed E-state index contributed by atoms with van der Waals surface area (Å²) in [6.45, 7) is 3.50. The largest absolute Gasteiger partial charge is 0.366 e. The van der Waals surface area contributed by atoms with Crippen molar-refractivity contribution >= 4 is 22.8 Å². The van der Waals surface area contributed by atoms with Crippen molar-refractivity contribution < 1.29 is 14.1 Å². The maximum Gasteiger partial charge on any atom is 0.263 e. The maximum absolute atomic E-state index is 11.5. The van der Waals surface area contributed by atoms with E-state index in [-0.39, 0.29) is 24.7 Å². The summed E-state index contributed by atoms with van der Waals surface area (Å²) in [5, 5.41) is 7.77. The molecule has 4 rings (SSSR count). The fraction of sp³-hybridized carbons (Fsp3) is 0.538. The highest BCUT2D eigenvalue weighted by Crippen LogP contribution is 2.29. The average molecular weight is 289 g/mol. The summed E-state index contributed by atoms with van der Waals surface area (Å²) in [5.74, 6) is 0.740. The number of fused-ring (bicyclic) bond motifs is 2. The quantitative estimate of drug-likeness (QED) is 0.791. The number of carbonyl (C=O) groups excluding carboxylic acids is 1. The molecule has 0 aromatic carbocycles. The van der Waals surface area contributed by atoms with Crippen LogP contribution in [0.1, 0.15) is 12.1 Å². The standard InChI is InChI=1S/C13H15N5O3/c1-7-11-12(14-6-15-13(11)21-17-7)18-3-2-9-8(4-18)16-10(19)5-20-9/h6,8-9H,2-5H2,1H3,(H,16,19)/t8-,9+/m0/s1. The molecule has 8 nitrogen and oxygen atoms in total. The normalized spacial score (nSPS) is 25.8. The molecular weight excluding hydrogens is 274 g/mol. The van der Waals surface area contributed by atoms with Crippen LogP contribution in [0.4, 0.5) is 5.82 Å². The van der Waals surface area contributed by atoms with Crippen molar-refractivity contribution in [2.45, 2.75) is 25.5 Å². The van der Waals surface area contributed by atoms with Crippen molar-refractivity contribution in [2.24, 2.45) is 0 Å². The molecule has 2 saturated heterocycles. The first-order valence-corrected chi connectivity index (χ1v) is 6.95. The first-order chi connectivity index (χ1) is 10.2. The van der Waals surface area contributed by atoms with Crippen LogP contribution in [-0.4, -0.2) is 52.9 Å². The second-order valence-electron chi connectivity index (χ2n) is 5.40. The third-order valence-electron chi connectivity index (χ3n) is 4.05. The Kier molecular flexibility index (Phi) is 2.78. The Labute approximate surface area is 120 Å². The number of aryl methyl sites for hydroxylation is 1. The van der Waals surface area contributed by atoms with Crippen molar-refractivity contribution in [2.75, 3.05) is 24.6 Å². The van der Waals surface area contributed by atoms with Crippen molar-refractivity contribution in [3.05, 3.63) is 12.0 Å². The lowest BCUT2D eigenvalue weighted by Crippen LogP contribution is -2.60. The lowest BCUT2D eigenvalue weighted by Gasteiger charge is -2.41. The number of anilines is 1. The number of piperidine rings is 1. The fourth-order valence-electron chi connectivity index (χ4n) is 3.04. The lowest BCUT2D eigenvalue weighted by molar-refractivity contribution is -0.137. The molecule has 2 aliphatic heterocycles. The second kappa shape index (κ2) is 4.66. The molecule has 2 aromatic heterocycles. The summed E-state index contributed by atoms with van der Waals surface area (Å²) >= 11 is 0. The Morgan fingerprint density at radius 1 is 1.43 bits per heavy atom. The van der Waals surface area contributed by atoms with Crippen molar-refractivity contribution in [3.63, 3.8) is 0 Å². The summed E-state index contributed by atoms with van der Waals surface area (Å²) in [6.07, 6.45) is 2.41. The second-order valence-corrected chi connectivity index (χ2v) is 5.40. The number of rotatable bonds is 1. The topological polar surface area (TPSA) is 93.4 Å². The van der Waals surface area contributed by atoms with Crippen LogP contribution in [-0.2, 0) is 9.53 Å². The molecular formula is C13H15N5O3. The van der Waals surface area contributed by atoms with Gasteiger partial charge in [0.1, 0.15) is 24.1 Å². The van der Waals surface area contributed by atoms with E-state index in [1.54, 1.807) is 0 Å². The molecule has 0 spiro atoms. The van der Waals surface area contributed by atoms with Crippen LogP contribution < -0.4 is 10.2 Å². The van der Waals surface area contributed by atoms with Gasteiger partial charge in [-0.05, 0) is 13.3 Å². The molecule has 0 bridgehead atoms. The van der Waals surface area contributed by atoms with E-state index in [1.807, 2.05) is 6.92 Å². The molecule has 21 heavy (non-hydrogen) atoms. The molecule has 0 radical (unpaired) electrons. The highest BCUT2D eigenvalue weighted by Gasteiger charge is 2.36. The van der Waals surface area contributed by atoms with E-state index in [1.165, 1.54) is 6.33 Å². The average Bonchev–Trinajstić information content (AvgIpc) is 2.88. The highest BCUT2D eigenvalue weighted by molar-refractivity contribution is 5.88. The molecule has 1 N–H and O–H groups in total.